The van der Waals surface area contributed by atoms with E-state index in [1.165, 1.54) is 6.07 Å². The third kappa shape index (κ3) is 5.72. The van der Waals surface area contributed by atoms with Gasteiger partial charge >= 0.3 is 0 Å². The van der Waals surface area contributed by atoms with Crippen LogP contribution < -0.4 is 5.32 Å². The molecule has 0 unspecified atom stereocenters. The topological polar surface area (TPSA) is 66.5 Å². The zero-order chi connectivity index (χ0) is 21.5. The Morgan fingerprint density at radius 1 is 1.10 bits per heavy atom. The van der Waals surface area contributed by atoms with Gasteiger partial charge in [-0.05, 0) is 55.0 Å². The highest BCUT2D eigenvalue weighted by Gasteiger charge is 2.24. The third-order valence-corrected chi connectivity index (χ3v) is 5.35. The lowest BCUT2D eigenvalue weighted by Gasteiger charge is -2.33. The lowest BCUT2D eigenvalue weighted by Crippen LogP contribution is -2.40. The van der Waals surface area contributed by atoms with E-state index in [9.17, 15) is 23.2 Å². The highest BCUT2D eigenvalue weighted by Crippen LogP contribution is 2.22. The van der Waals surface area contributed by atoms with E-state index in [0.717, 1.165) is 31.3 Å². The van der Waals surface area contributed by atoms with Crippen molar-refractivity contribution in [3.8, 4) is 0 Å². The Hall–Kier alpha value is -3.09. The van der Waals surface area contributed by atoms with Crippen molar-refractivity contribution < 1.29 is 23.2 Å². The highest BCUT2D eigenvalue weighted by atomic mass is 19.2. The van der Waals surface area contributed by atoms with Crippen LogP contribution in [0.25, 0.3) is 0 Å². The average molecular weight is 414 g/mol. The Bertz CT molecular complexity index is 915. The number of rotatable bonds is 7. The van der Waals surface area contributed by atoms with Crippen LogP contribution in [-0.2, 0) is 11.3 Å². The molecule has 1 heterocycles. The molecule has 2 aromatic carbocycles. The fraction of sp³-hybridized carbons (Fsp3) is 0.348. The minimum absolute atomic E-state index is 0.0695. The first kappa shape index (κ1) is 21.6. The first-order chi connectivity index (χ1) is 14.5. The SMILES string of the molecule is O=Cc1ccc(C(=O)N2CCC[C@H](CCC(=O)NCc3ccc(F)c(F)c3)C2)cc1. The molecule has 158 valence electrons. The van der Waals surface area contributed by atoms with Crippen LogP contribution in [0.15, 0.2) is 42.5 Å². The van der Waals surface area contributed by atoms with E-state index in [2.05, 4.69) is 5.32 Å². The molecule has 1 atom stereocenters. The second-order valence-electron chi connectivity index (χ2n) is 7.56. The summed E-state index contributed by atoms with van der Waals surface area (Å²) in [6.07, 6.45) is 3.52. The normalized spacial score (nSPS) is 16.2. The zero-order valence-corrected chi connectivity index (χ0v) is 16.6. The first-order valence-corrected chi connectivity index (χ1v) is 10.0. The Kier molecular flexibility index (Phi) is 7.27. The molecular weight excluding hydrogens is 390 g/mol. The minimum atomic E-state index is -0.936. The Morgan fingerprint density at radius 3 is 2.57 bits per heavy atom. The summed E-state index contributed by atoms with van der Waals surface area (Å²) in [4.78, 5) is 37.4. The number of carbonyl (C=O) groups is 3. The van der Waals surface area contributed by atoms with Gasteiger partial charge in [-0.3, -0.25) is 14.4 Å². The van der Waals surface area contributed by atoms with Gasteiger partial charge in [-0.15, -0.1) is 0 Å². The van der Waals surface area contributed by atoms with Gasteiger partial charge in [0.25, 0.3) is 5.91 Å². The number of piperidine rings is 1. The maximum absolute atomic E-state index is 13.2. The van der Waals surface area contributed by atoms with Crippen LogP contribution >= 0.6 is 0 Å². The minimum Gasteiger partial charge on any atom is -0.352 e. The Morgan fingerprint density at radius 2 is 1.87 bits per heavy atom. The molecule has 1 aliphatic rings. The molecule has 1 fully saturated rings. The smallest absolute Gasteiger partial charge is 0.253 e. The second-order valence-corrected chi connectivity index (χ2v) is 7.56. The number of carbonyl (C=O) groups excluding carboxylic acids is 3. The van der Waals surface area contributed by atoms with Gasteiger partial charge in [0.2, 0.25) is 5.91 Å². The standard InChI is InChI=1S/C23H24F2N2O3/c24-20-9-5-18(12-21(20)25)13-26-22(29)10-6-16-2-1-11-27(14-16)23(30)19-7-3-17(15-28)4-8-19/h3-5,7-9,12,15-16H,1-2,6,10-11,13-14H2,(H,26,29)/t16-/m1/s1. The average Bonchev–Trinajstić information content (AvgIpc) is 2.78. The fourth-order valence-corrected chi connectivity index (χ4v) is 3.65. The van der Waals surface area contributed by atoms with E-state index in [0.29, 0.717) is 42.6 Å². The van der Waals surface area contributed by atoms with Crippen molar-refractivity contribution in [3.63, 3.8) is 0 Å². The van der Waals surface area contributed by atoms with E-state index in [1.807, 2.05) is 0 Å². The third-order valence-electron chi connectivity index (χ3n) is 5.35. The lowest BCUT2D eigenvalue weighted by atomic mass is 9.92. The molecule has 5 nitrogen and oxygen atoms in total. The maximum atomic E-state index is 13.2. The molecule has 1 aliphatic heterocycles. The summed E-state index contributed by atoms with van der Waals surface area (Å²) in [5, 5.41) is 2.72. The number of hydrogen-bond donors (Lipinski definition) is 1. The number of benzene rings is 2. The Balaban J connectivity index is 1.45. The van der Waals surface area contributed by atoms with Crippen molar-refractivity contribution in [3.05, 3.63) is 70.8 Å². The predicted molar refractivity (Wildman–Crippen MR) is 108 cm³/mol. The Labute approximate surface area is 174 Å². The molecule has 0 spiro atoms. The summed E-state index contributed by atoms with van der Waals surface area (Å²) in [5.41, 5.74) is 1.57. The molecular formula is C23H24F2N2O3. The molecule has 7 heteroatoms. The molecule has 0 aliphatic carbocycles. The molecule has 2 aromatic rings. The van der Waals surface area contributed by atoms with Crippen LogP contribution in [0.5, 0.6) is 0 Å². The number of nitrogens with one attached hydrogen (secondary N) is 1. The number of likely N-dealkylation sites (tertiary alicyclic amines) is 1. The van der Waals surface area contributed by atoms with Crippen LogP contribution in [0.2, 0.25) is 0 Å². The molecule has 0 radical (unpaired) electrons. The summed E-state index contributed by atoms with van der Waals surface area (Å²) in [5.74, 6) is -1.85. The van der Waals surface area contributed by atoms with Gasteiger partial charge in [0, 0.05) is 37.2 Å². The van der Waals surface area contributed by atoms with Crippen molar-refractivity contribution in [2.24, 2.45) is 5.92 Å². The van der Waals surface area contributed by atoms with E-state index in [1.54, 1.807) is 29.2 Å². The van der Waals surface area contributed by atoms with Crippen molar-refractivity contribution in [2.75, 3.05) is 13.1 Å². The van der Waals surface area contributed by atoms with Crippen LogP contribution in [0, 0.1) is 17.6 Å². The van der Waals surface area contributed by atoms with Crippen LogP contribution in [-0.4, -0.2) is 36.1 Å². The van der Waals surface area contributed by atoms with E-state index < -0.39 is 11.6 Å². The molecule has 2 amide bonds. The fourth-order valence-electron chi connectivity index (χ4n) is 3.65. The summed E-state index contributed by atoms with van der Waals surface area (Å²) in [6, 6.07) is 10.1. The number of aldehydes is 1. The zero-order valence-electron chi connectivity index (χ0n) is 16.6. The van der Waals surface area contributed by atoms with E-state index >= 15 is 0 Å². The van der Waals surface area contributed by atoms with Crippen molar-refractivity contribution in [1.82, 2.24) is 10.2 Å². The number of amides is 2. The van der Waals surface area contributed by atoms with E-state index in [-0.39, 0.29) is 24.3 Å². The van der Waals surface area contributed by atoms with Crippen molar-refractivity contribution in [2.45, 2.75) is 32.2 Å². The van der Waals surface area contributed by atoms with Gasteiger partial charge in [0.15, 0.2) is 11.6 Å². The molecule has 1 N–H and O–H groups in total. The summed E-state index contributed by atoms with van der Waals surface area (Å²) in [6.45, 7) is 1.40. The van der Waals surface area contributed by atoms with Gasteiger partial charge in [0.1, 0.15) is 6.29 Å². The molecule has 0 bridgehead atoms. The predicted octanol–water partition coefficient (Wildman–Crippen LogP) is 3.73. The van der Waals surface area contributed by atoms with Crippen LogP contribution in [0.4, 0.5) is 8.78 Å². The number of halogens is 2. The van der Waals surface area contributed by atoms with Gasteiger partial charge in [-0.2, -0.15) is 0 Å². The van der Waals surface area contributed by atoms with Gasteiger partial charge < -0.3 is 10.2 Å². The van der Waals surface area contributed by atoms with Crippen molar-refractivity contribution >= 4 is 18.1 Å². The van der Waals surface area contributed by atoms with Gasteiger partial charge in [-0.25, -0.2) is 8.78 Å². The molecule has 0 saturated carbocycles. The summed E-state index contributed by atoms with van der Waals surface area (Å²) >= 11 is 0. The lowest BCUT2D eigenvalue weighted by molar-refractivity contribution is -0.121. The van der Waals surface area contributed by atoms with E-state index in [4.69, 9.17) is 0 Å². The second kappa shape index (κ2) is 10.1. The summed E-state index contributed by atoms with van der Waals surface area (Å²) < 4.78 is 26.2. The molecule has 1 saturated heterocycles. The van der Waals surface area contributed by atoms with Crippen LogP contribution in [0.1, 0.15) is 52.0 Å². The van der Waals surface area contributed by atoms with Crippen molar-refractivity contribution in [1.29, 1.82) is 0 Å². The quantitative estimate of drug-likeness (QED) is 0.702. The molecule has 3 rings (SSSR count). The number of hydrogen-bond acceptors (Lipinski definition) is 3. The highest BCUT2D eigenvalue weighted by molar-refractivity contribution is 5.95. The van der Waals surface area contributed by atoms with Crippen LogP contribution in [0.3, 0.4) is 0 Å². The van der Waals surface area contributed by atoms with Gasteiger partial charge in [-0.1, -0.05) is 18.2 Å². The maximum Gasteiger partial charge on any atom is 0.253 e. The number of nitrogens with zero attached hydrogens (tertiary/aromatic N) is 1. The monoisotopic (exact) mass is 414 g/mol. The first-order valence-electron chi connectivity index (χ1n) is 10.0. The molecule has 0 aromatic heterocycles. The van der Waals surface area contributed by atoms with Gasteiger partial charge in [0.05, 0.1) is 0 Å². The summed E-state index contributed by atoms with van der Waals surface area (Å²) in [7, 11) is 0. The largest absolute Gasteiger partial charge is 0.352 e. The molecule has 30 heavy (non-hydrogen) atoms.